The number of hydrogen-bond donors (Lipinski definition) is 1. The molecule has 0 atom stereocenters. The number of rotatable bonds is 2. The standard InChI is InChI=1S/C22H15N3O/c1-26-15-8-6-13(7-9-15)20-17-10-14-4-2-3-5-16(14)21(17)19(12-24)22(25)18(20)11-23/h2-9H,10,25H2,1H3. The molecule has 4 nitrogen and oxygen atoms in total. The van der Waals surface area contributed by atoms with Gasteiger partial charge in [-0.15, -0.1) is 0 Å². The summed E-state index contributed by atoms with van der Waals surface area (Å²) >= 11 is 0. The molecule has 0 saturated heterocycles. The van der Waals surface area contributed by atoms with Crippen molar-refractivity contribution < 1.29 is 4.74 Å². The van der Waals surface area contributed by atoms with Crippen LogP contribution in [0.5, 0.6) is 5.75 Å². The van der Waals surface area contributed by atoms with Gasteiger partial charge in [0.15, 0.2) is 0 Å². The molecule has 0 spiro atoms. The van der Waals surface area contributed by atoms with Crippen molar-refractivity contribution in [1.82, 2.24) is 0 Å². The summed E-state index contributed by atoms with van der Waals surface area (Å²) in [5.74, 6) is 0.744. The Balaban J connectivity index is 2.09. The van der Waals surface area contributed by atoms with E-state index in [0.29, 0.717) is 17.5 Å². The fourth-order valence-corrected chi connectivity index (χ4v) is 3.71. The lowest BCUT2D eigenvalue weighted by Gasteiger charge is -2.16. The van der Waals surface area contributed by atoms with Crippen molar-refractivity contribution in [3.05, 3.63) is 70.8 Å². The molecule has 0 bridgehead atoms. The predicted octanol–water partition coefficient (Wildman–Crippen LogP) is 4.26. The van der Waals surface area contributed by atoms with Crippen molar-refractivity contribution in [2.75, 3.05) is 12.8 Å². The van der Waals surface area contributed by atoms with Crippen LogP contribution in [0.3, 0.4) is 0 Å². The van der Waals surface area contributed by atoms with Crippen LogP contribution in [-0.2, 0) is 6.42 Å². The first kappa shape index (κ1) is 15.7. The molecule has 3 aromatic rings. The van der Waals surface area contributed by atoms with Crippen LogP contribution in [0.4, 0.5) is 5.69 Å². The van der Waals surface area contributed by atoms with Gasteiger partial charge in [0.2, 0.25) is 0 Å². The zero-order chi connectivity index (χ0) is 18.3. The average molecular weight is 337 g/mol. The Labute approximate surface area is 151 Å². The molecule has 4 heteroatoms. The Morgan fingerprint density at radius 3 is 2.23 bits per heavy atom. The van der Waals surface area contributed by atoms with Crippen molar-refractivity contribution in [2.45, 2.75) is 6.42 Å². The molecule has 0 fully saturated rings. The van der Waals surface area contributed by atoms with E-state index in [2.05, 4.69) is 18.2 Å². The largest absolute Gasteiger partial charge is 0.497 e. The average Bonchev–Trinajstić information content (AvgIpc) is 3.06. The van der Waals surface area contributed by atoms with Gasteiger partial charge in [0.25, 0.3) is 0 Å². The first-order valence-electron chi connectivity index (χ1n) is 8.20. The summed E-state index contributed by atoms with van der Waals surface area (Å²) in [6, 6.07) is 20.0. The van der Waals surface area contributed by atoms with Crippen molar-refractivity contribution in [1.29, 1.82) is 10.5 Å². The van der Waals surface area contributed by atoms with Crippen LogP contribution in [0, 0.1) is 22.7 Å². The van der Waals surface area contributed by atoms with Gasteiger partial charge in [0, 0.05) is 11.1 Å². The fourth-order valence-electron chi connectivity index (χ4n) is 3.71. The summed E-state index contributed by atoms with van der Waals surface area (Å²) in [6.45, 7) is 0. The number of nitrogens with two attached hydrogens (primary N) is 1. The molecule has 0 saturated carbocycles. The molecule has 26 heavy (non-hydrogen) atoms. The van der Waals surface area contributed by atoms with E-state index in [0.717, 1.165) is 39.1 Å². The SMILES string of the molecule is COc1ccc(-c2c(C#N)c(N)c(C#N)c3c2Cc2ccccc2-3)cc1. The number of ether oxygens (including phenoxy) is 1. The highest BCUT2D eigenvalue weighted by Gasteiger charge is 2.29. The van der Waals surface area contributed by atoms with E-state index in [-0.39, 0.29) is 5.69 Å². The van der Waals surface area contributed by atoms with E-state index >= 15 is 0 Å². The number of benzene rings is 3. The first-order valence-corrected chi connectivity index (χ1v) is 8.20. The minimum Gasteiger partial charge on any atom is -0.497 e. The summed E-state index contributed by atoms with van der Waals surface area (Å²) in [5.41, 5.74) is 12.9. The van der Waals surface area contributed by atoms with Gasteiger partial charge in [-0.3, -0.25) is 0 Å². The third-order valence-electron chi connectivity index (χ3n) is 4.90. The van der Waals surface area contributed by atoms with Crippen LogP contribution in [0.15, 0.2) is 48.5 Å². The van der Waals surface area contributed by atoms with Crippen LogP contribution in [0.2, 0.25) is 0 Å². The van der Waals surface area contributed by atoms with Gasteiger partial charge in [-0.25, -0.2) is 0 Å². The lowest BCUT2D eigenvalue weighted by molar-refractivity contribution is 0.415. The van der Waals surface area contributed by atoms with Gasteiger partial charge in [0.05, 0.1) is 23.9 Å². The summed E-state index contributed by atoms with van der Waals surface area (Å²) < 4.78 is 5.23. The Kier molecular flexibility index (Phi) is 3.60. The van der Waals surface area contributed by atoms with Crippen LogP contribution >= 0.6 is 0 Å². The van der Waals surface area contributed by atoms with Gasteiger partial charge in [-0.1, -0.05) is 36.4 Å². The molecule has 4 rings (SSSR count). The molecule has 0 heterocycles. The second-order valence-electron chi connectivity index (χ2n) is 6.18. The van der Waals surface area contributed by atoms with Crippen LogP contribution in [-0.4, -0.2) is 7.11 Å². The molecule has 3 aromatic carbocycles. The quantitative estimate of drug-likeness (QED) is 0.554. The predicted molar refractivity (Wildman–Crippen MR) is 101 cm³/mol. The summed E-state index contributed by atoms with van der Waals surface area (Å²) in [4.78, 5) is 0. The van der Waals surface area contributed by atoms with Gasteiger partial charge in [-0.2, -0.15) is 10.5 Å². The van der Waals surface area contributed by atoms with Gasteiger partial charge in [-0.05, 0) is 40.8 Å². The smallest absolute Gasteiger partial charge is 0.118 e. The topological polar surface area (TPSA) is 82.8 Å². The minimum absolute atomic E-state index is 0.247. The highest BCUT2D eigenvalue weighted by molar-refractivity contribution is 5.96. The number of methoxy groups -OCH3 is 1. The van der Waals surface area contributed by atoms with Crippen LogP contribution in [0.1, 0.15) is 22.3 Å². The zero-order valence-corrected chi connectivity index (χ0v) is 14.2. The van der Waals surface area contributed by atoms with Gasteiger partial charge in [0.1, 0.15) is 17.9 Å². The molecule has 0 amide bonds. The number of fused-ring (bicyclic) bond motifs is 3. The molecular weight excluding hydrogens is 322 g/mol. The summed E-state index contributed by atoms with van der Waals surface area (Å²) in [6.07, 6.45) is 0.677. The highest BCUT2D eigenvalue weighted by Crippen LogP contribution is 2.47. The van der Waals surface area contributed by atoms with Crippen molar-refractivity contribution in [2.24, 2.45) is 0 Å². The zero-order valence-electron chi connectivity index (χ0n) is 14.2. The molecule has 1 aliphatic carbocycles. The van der Waals surface area contributed by atoms with Crippen LogP contribution in [0.25, 0.3) is 22.3 Å². The first-order chi connectivity index (χ1) is 12.7. The molecule has 0 aliphatic heterocycles. The Morgan fingerprint density at radius 1 is 0.923 bits per heavy atom. The van der Waals surface area contributed by atoms with Crippen molar-refractivity contribution in [3.8, 4) is 40.1 Å². The maximum Gasteiger partial charge on any atom is 0.118 e. The highest BCUT2D eigenvalue weighted by atomic mass is 16.5. The van der Waals surface area contributed by atoms with Gasteiger partial charge >= 0.3 is 0 Å². The van der Waals surface area contributed by atoms with E-state index < -0.39 is 0 Å². The minimum atomic E-state index is 0.247. The molecule has 0 unspecified atom stereocenters. The number of hydrogen-bond acceptors (Lipinski definition) is 4. The molecule has 0 aromatic heterocycles. The normalized spacial score (nSPS) is 11.2. The summed E-state index contributed by atoms with van der Waals surface area (Å²) in [5, 5.41) is 19.5. The second kappa shape index (κ2) is 5.95. The Bertz CT molecular complexity index is 1120. The van der Waals surface area contributed by atoms with Gasteiger partial charge < -0.3 is 10.5 Å². The number of nitrogen functional groups attached to an aromatic ring is 1. The Morgan fingerprint density at radius 2 is 1.58 bits per heavy atom. The fraction of sp³-hybridized carbons (Fsp3) is 0.0909. The molecule has 124 valence electrons. The lowest BCUT2D eigenvalue weighted by atomic mass is 9.87. The van der Waals surface area contributed by atoms with E-state index in [4.69, 9.17) is 10.5 Å². The maximum atomic E-state index is 9.77. The molecular formula is C22H15N3O. The number of nitriles is 2. The lowest BCUT2D eigenvalue weighted by Crippen LogP contribution is -2.03. The molecule has 2 N–H and O–H groups in total. The third kappa shape index (κ3) is 2.13. The third-order valence-corrected chi connectivity index (χ3v) is 4.90. The van der Waals surface area contributed by atoms with Crippen molar-refractivity contribution in [3.63, 3.8) is 0 Å². The number of anilines is 1. The van der Waals surface area contributed by atoms with E-state index in [1.807, 2.05) is 42.5 Å². The van der Waals surface area contributed by atoms with E-state index in [9.17, 15) is 10.5 Å². The monoisotopic (exact) mass is 337 g/mol. The number of nitrogens with zero attached hydrogens (tertiary/aromatic N) is 2. The second-order valence-corrected chi connectivity index (χ2v) is 6.18. The van der Waals surface area contributed by atoms with E-state index in [1.54, 1.807) is 7.11 Å². The maximum absolute atomic E-state index is 9.77. The molecule has 1 aliphatic rings. The van der Waals surface area contributed by atoms with Crippen LogP contribution < -0.4 is 10.5 Å². The van der Waals surface area contributed by atoms with E-state index in [1.165, 1.54) is 0 Å². The Hall–Kier alpha value is -3.76. The van der Waals surface area contributed by atoms with Crippen molar-refractivity contribution >= 4 is 5.69 Å². The summed E-state index contributed by atoms with van der Waals surface area (Å²) in [7, 11) is 1.61. The molecule has 0 radical (unpaired) electrons.